The number of aryl methyl sites for hydroxylation is 2. The highest BCUT2D eigenvalue weighted by atomic mass is 35.5. The number of hydrogen-bond acceptors (Lipinski definition) is 5. The number of ether oxygens (including phenoxy) is 1. The standard InChI is InChI=1S/C25H24ClF3N4O4/c1-15-6-9-20(19(12-15)33(35)36)37-14-16-4-2-5-18(13-16)24(34)30-10-3-11-32-22(17-7-8-17)21(26)23(31-32)25(27,28)29/h2,4-6,9,12-13,17H,3,7-8,10-11,14H2,1H3,(H,30,34). The van der Waals surface area contributed by atoms with E-state index in [1.165, 1.54) is 16.8 Å². The Balaban J connectivity index is 1.33. The molecule has 12 heteroatoms. The van der Waals surface area contributed by atoms with Crippen molar-refractivity contribution in [3.63, 3.8) is 0 Å². The van der Waals surface area contributed by atoms with Gasteiger partial charge >= 0.3 is 11.9 Å². The minimum absolute atomic E-state index is 0.0167. The number of alkyl halides is 3. The topological polar surface area (TPSA) is 99.3 Å². The molecule has 1 aliphatic rings. The van der Waals surface area contributed by atoms with Gasteiger partial charge in [0, 0.05) is 30.6 Å². The third kappa shape index (κ3) is 6.40. The van der Waals surface area contributed by atoms with Crippen LogP contribution in [0.2, 0.25) is 5.02 Å². The van der Waals surface area contributed by atoms with E-state index in [1.807, 2.05) is 0 Å². The van der Waals surface area contributed by atoms with E-state index in [0.717, 1.165) is 18.4 Å². The number of carbonyl (C=O) groups is 1. The molecule has 0 unspecified atom stereocenters. The number of aromatic nitrogens is 2. The van der Waals surface area contributed by atoms with Crippen molar-refractivity contribution in [2.24, 2.45) is 0 Å². The van der Waals surface area contributed by atoms with Crippen molar-refractivity contribution in [2.45, 2.75) is 51.4 Å². The SMILES string of the molecule is Cc1ccc(OCc2cccc(C(=O)NCCCn3nc(C(F)(F)F)c(Cl)c3C3CC3)c2)c([N+](=O)[O-])c1. The van der Waals surface area contributed by atoms with Gasteiger partial charge in [-0.1, -0.05) is 29.8 Å². The van der Waals surface area contributed by atoms with Gasteiger partial charge in [-0.15, -0.1) is 0 Å². The van der Waals surface area contributed by atoms with Gasteiger partial charge in [-0.25, -0.2) is 0 Å². The largest absolute Gasteiger partial charge is 0.482 e. The first-order valence-electron chi connectivity index (χ1n) is 11.6. The van der Waals surface area contributed by atoms with E-state index in [4.69, 9.17) is 16.3 Å². The fourth-order valence-corrected chi connectivity index (χ4v) is 4.34. The molecule has 1 aliphatic carbocycles. The summed E-state index contributed by atoms with van der Waals surface area (Å²) in [6.07, 6.45) is -2.71. The molecule has 1 heterocycles. The van der Waals surface area contributed by atoms with E-state index in [2.05, 4.69) is 10.4 Å². The maximum absolute atomic E-state index is 13.2. The Morgan fingerprint density at radius 2 is 2.03 bits per heavy atom. The lowest BCUT2D eigenvalue weighted by Crippen LogP contribution is -2.25. The molecule has 196 valence electrons. The molecule has 2 aromatic carbocycles. The second-order valence-electron chi connectivity index (χ2n) is 8.87. The van der Waals surface area contributed by atoms with Crippen LogP contribution in [0.1, 0.15) is 58.1 Å². The number of benzene rings is 2. The Morgan fingerprint density at radius 3 is 2.70 bits per heavy atom. The van der Waals surface area contributed by atoms with Crippen LogP contribution in [0, 0.1) is 17.0 Å². The van der Waals surface area contributed by atoms with E-state index < -0.39 is 16.8 Å². The molecule has 1 aromatic heterocycles. The number of nitro benzene ring substituents is 1. The van der Waals surface area contributed by atoms with Gasteiger partial charge in [0.15, 0.2) is 11.4 Å². The van der Waals surface area contributed by atoms with Crippen molar-refractivity contribution in [1.29, 1.82) is 0 Å². The Bertz CT molecular complexity index is 1320. The second-order valence-corrected chi connectivity index (χ2v) is 9.25. The van der Waals surface area contributed by atoms with Crippen molar-refractivity contribution in [1.82, 2.24) is 15.1 Å². The smallest absolute Gasteiger partial charge is 0.436 e. The van der Waals surface area contributed by atoms with Crippen molar-refractivity contribution >= 4 is 23.2 Å². The maximum atomic E-state index is 13.2. The van der Waals surface area contributed by atoms with Crippen LogP contribution in [0.15, 0.2) is 42.5 Å². The molecule has 1 N–H and O–H groups in total. The molecule has 0 bridgehead atoms. The van der Waals surface area contributed by atoms with E-state index >= 15 is 0 Å². The molecule has 3 aromatic rings. The van der Waals surface area contributed by atoms with Crippen LogP contribution in [0.25, 0.3) is 0 Å². The molecule has 1 saturated carbocycles. The Morgan fingerprint density at radius 1 is 1.27 bits per heavy atom. The highest BCUT2D eigenvalue weighted by Gasteiger charge is 2.41. The van der Waals surface area contributed by atoms with Crippen LogP contribution in [-0.4, -0.2) is 27.2 Å². The molecule has 1 amide bonds. The van der Waals surface area contributed by atoms with Gasteiger partial charge in [-0.2, -0.15) is 18.3 Å². The summed E-state index contributed by atoms with van der Waals surface area (Å²) < 4.78 is 46.5. The van der Waals surface area contributed by atoms with Crippen LogP contribution in [0.3, 0.4) is 0 Å². The molecule has 37 heavy (non-hydrogen) atoms. The number of hydrogen-bond donors (Lipinski definition) is 1. The molecular weight excluding hydrogens is 513 g/mol. The molecular formula is C25H24ClF3N4O4. The third-order valence-corrected chi connectivity index (χ3v) is 6.26. The van der Waals surface area contributed by atoms with Gasteiger partial charge in [-0.3, -0.25) is 19.6 Å². The molecule has 0 atom stereocenters. The van der Waals surface area contributed by atoms with Gasteiger partial charge in [0.25, 0.3) is 5.91 Å². The molecule has 0 saturated heterocycles. The highest BCUT2D eigenvalue weighted by Crippen LogP contribution is 2.46. The lowest BCUT2D eigenvalue weighted by atomic mass is 10.1. The molecule has 0 spiro atoms. The van der Waals surface area contributed by atoms with Gasteiger partial charge in [-0.05, 0) is 55.5 Å². The van der Waals surface area contributed by atoms with Gasteiger partial charge < -0.3 is 10.1 Å². The summed E-state index contributed by atoms with van der Waals surface area (Å²) in [5.41, 5.74) is 0.927. The Labute approximate surface area is 215 Å². The summed E-state index contributed by atoms with van der Waals surface area (Å²) in [6, 6.07) is 11.3. The fraction of sp³-hybridized carbons (Fsp3) is 0.360. The summed E-state index contributed by atoms with van der Waals surface area (Å²) in [5.74, 6) is -0.250. The fourth-order valence-electron chi connectivity index (χ4n) is 3.94. The van der Waals surface area contributed by atoms with Crippen LogP contribution in [0.4, 0.5) is 18.9 Å². The monoisotopic (exact) mass is 536 g/mol. The van der Waals surface area contributed by atoms with E-state index in [1.54, 1.807) is 37.3 Å². The van der Waals surface area contributed by atoms with Crippen LogP contribution in [-0.2, 0) is 19.3 Å². The molecule has 0 aliphatic heterocycles. The average Bonchev–Trinajstić information content (AvgIpc) is 3.62. The highest BCUT2D eigenvalue weighted by molar-refractivity contribution is 6.32. The first-order chi connectivity index (χ1) is 17.5. The minimum atomic E-state index is -4.63. The van der Waals surface area contributed by atoms with Crippen molar-refractivity contribution < 1.29 is 27.6 Å². The summed E-state index contributed by atoms with van der Waals surface area (Å²) in [7, 11) is 0. The van der Waals surface area contributed by atoms with Crippen molar-refractivity contribution in [3.05, 3.63) is 85.7 Å². The Kier molecular flexibility index (Phi) is 7.72. The lowest BCUT2D eigenvalue weighted by molar-refractivity contribution is -0.386. The molecule has 1 fully saturated rings. The maximum Gasteiger partial charge on any atom is 0.436 e. The number of nitro groups is 1. The summed E-state index contributed by atoms with van der Waals surface area (Å²) in [4.78, 5) is 23.4. The summed E-state index contributed by atoms with van der Waals surface area (Å²) >= 11 is 5.99. The van der Waals surface area contributed by atoms with E-state index in [0.29, 0.717) is 23.2 Å². The summed E-state index contributed by atoms with van der Waals surface area (Å²) in [5, 5.41) is 17.4. The van der Waals surface area contributed by atoms with Gasteiger partial charge in [0.2, 0.25) is 0 Å². The molecule has 8 nitrogen and oxygen atoms in total. The zero-order valence-corrected chi connectivity index (χ0v) is 20.6. The van der Waals surface area contributed by atoms with Gasteiger partial charge in [0.05, 0.1) is 15.6 Å². The predicted molar refractivity (Wildman–Crippen MR) is 130 cm³/mol. The first-order valence-corrected chi connectivity index (χ1v) is 12.0. The van der Waals surface area contributed by atoms with Crippen molar-refractivity contribution in [3.8, 4) is 5.75 Å². The Hall–Kier alpha value is -3.60. The number of amides is 1. The first kappa shape index (κ1) is 26.5. The quantitative estimate of drug-likeness (QED) is 0.193. The lowest BCUT2D eigenvalue weighted by Gasteiger charge is -2.10. The van der Waals surface area contributed by atoms with Crippen LogP contribution >= 0.6 is 11.6 Å². The minimum Gasteiger partial charge on any atom is -0.482 e. The third-order valence-electron chi connectivity index (χ3n) is 5.89. The number of rotatable bonds is 10. The molecule has 4 rings (SSSR count). The number of nitrogens with one attached hydrogen (secondary N) is 1. The zero-order valence-electron chi connectivity index (χ0n) is 19.8. The number of halogens is 4. The zero-order chi connectivity index (χ0) is 26.7. The summed E-state index contributed by atoms with van der Waals surface area (Å²) in [6.45, 7) is 2.18. The van der Waals surface area contributed by atoms with E-state index in [-0.39, 0.29) is 48.0 Å². The predicted octanol–water partition coefficient (Wildman–Crippen LogP) is 6.05. The normalized spacial score (nSPS) is 13.4. The van der Waals surface area contributed by atoms with Crippen molar-refractivity contribution in [2.75, 3.05) is 6.54 Å². The molecule has 0 radical (unpaired) electrons. The average molecular weight is 537 g/mol. The number of carbonyl (C=O) groups excluding carboxylic acids is 1. The van der Waals surface area contributed by atoms with Crippen LogP contribution < -0.4 is 10.1 Å². The van der Waals surface area contributed by atoms with E-state index in [9.17, 15) is 28.1 Å². The number of nitrogens with zero attached hydrogens (tertiary/aromatic N) is 3. The van der Waals surface area contributed by atoms with Gasteiger partial charge in [0.1, 0.15) is 6.61 Å². The van der Waals surface area contributed by atoms with Crippen LogP contribution in [0.5, 0.6) is 5.75 Å². The second kappa shape index (κ2) is 10.8.